The molecule has 2 N–H and O–H groups in total. The third kappa shape index (κ3) is 5.38. The number of aliphatic hydroxyl groups excluding tert-OH is 1. The summed E-state index contributed by atoms with van der Waals surface area (Å²) in [6.45, 7) is 11.5. The predicted octanol–water partition coefficient (Wildman–Crippen LogP) is 5.65. The number of carbonyl (C=O) groups is 1. The summed E-state index contributed by atoms with van der Waals surface area (Å²) in [7, 11) is 0. The van der Waals surface area contributed by atoms with Crippen LogP contribution in [0, 0.1) is 0 Å². The first-order valence-corrected chi connectivity index (χ1v) is 13.2. The smallest absolute Gasteiger partial charge is 0.408 e. The molecule has 2 aliphatic rings. The van der Waals surface area contributed by atoms with E-state index in [4.69, 9.17) is 9.47 Å². The van der Waals surface area contributed by atoms with Crippen LogP contribution in [0.1, 0.15) is 89.0 Å². The highest BCUT2D eigenvalue weighted by Crippen LogP contribution is 2.48. The van der Waals surface area contributed by atoms with Gasteiger partial charge in [-0.2, -0.15) is 0 Å². The molecule has 0 saturated heterocycles. The number of carbonyl (C=O) groups excluding carboxylic acids is 1. The number of rotatable bonds is 7. The molecule has 1 saturated carbocycles. The second-order valence-corrected chi connectivity index (χ2v) is 11.7. The lowest BCUT2D eigenvalue weighted by molar-refractivity contribution is 0.0355. The van der Waals surface area contributed by atoms with E-state index in [1.165, 1.54) is 10.4 Å². The molecule has 0 unspecified atom stereocenters. The van der Waals surface area contributed by atoms with Gasteiger partial charge in [-0.3, -0.25) is 0 Å². The topological polar surface area (TPSA) is 93.6 Å². The van der Waals surface area contributed by atoms with Crippen molar-refractivity contribution in [3.8, 4) is 5.88 Å². The van der Waals surface area contributed by atoms with Crippen LogP contribution in [-0.2, 0) is 11.2 Å². The monoisotopic (exact) mass is 487 g/mol. The fraction of sp³-hybridized carbons (Fsp3) is 0.654. The molecule has 2 aromatic heterocycles. The lowest BCUT2D eigenvalue weighted by Gasteiger charge is -2.40. The Balaban J connectivity index is 1.47. The van der Waals surface area contributed by atoms with E-state index >= 15 is 0 Å². The fourth-order valence-electron chi connectivity index (χ4n) is 5.26. The normalized spacial score (nSPS) is 25.6. The summed E-state index contributed by atoms with van der Waals surface area (Å²) in [4.78, 5) is 23.7. The van der Waals surface area contributed by atoms with E-state index in [0.29, 0.717) is 12.3 Å². The number of thiophene rings is 1. The van der Waals surface area contributed by atoms with Crippen LogP contribution in [-0.4, -0.2) is 44.5 Å². The third-order valence-corrected chi connectivity index (χ3v) is 8.28. The van der Waals surface area contributed by atoms with Gasteiger partial charge in [0, 0.05) is 10.4 Å². The Kier molecular flexibility index (Phi) is 7.20. The molecule has 0 aliphatic heterocycles. The second-order valence-electron chi connectivity index (χ2n) is 10.7. The first kappa shape index (κ1) is 24.9. The summed E-state index contributed by atoms with van der Waals surface area (Å²) in [5, 5.41) is 14.3. The van der Waals surface area contributed by atoms with Gasteiger partial charge in [-0.05, 0) is 83.6 Å². The molecule has 7 nitrogen and oxygen atoms in total. The van der Waals surface area contributed by atoms with Gasteiger partial charge in [0.05, 0.1) is 11.5 Å². The molecule has 2 aromatic rings. The van der Waals surface area contributed by atoms with Crippen molar-refractivity contribution < 1.29 is 19.4 Å². The Morgan fingerprint density at radius 2 is 2.09 bits per heavy atom. The Morgan fingerprint density at radius 1 is 1.35 bits per heavy atom. The van der Waals surface area contributed by atoms with Gasteiger partial charge in [0.2, 0.25) is 5.88 Å². The summed E-state index contributed by atoms with van der Waals surface area (Å²) >= 11 is 1.72. The standard InChI is InChI=1S/C26H37N3O4S/c1-6-17(30)14-16-8-9-19-20(16)21-22(27-15-28-23(21)34-19)32-18-10-12-26(7-2,13-11-18)29-24(31)33-25(3,4)5/h6,15-18,30H,1,7-14H2,2-5H3,(H,29,31)/t16-,17+,18?,26?/m1/s1. The number of hydrogen-bond acceptors (Lipinski definition) is 7. The molecule has 4 rings (SSSR count). The first-order chi connectivity index (χ1) is 16.1. The van der Waals surface area contributed by atoms with Crippen molar-refractivity contribution in [2.24, 2.45) is 0 Å². The number of nitrogens with one attached hydrogen (secondary N) is 1. The van der Waals surface area contributed by atoms with Crippen molar-refractivity contribution in [2.75, 3.05) is 0 Å². The summed E-state index contributed by atoms with van der Waals surface area (Å²) in [6.07, 6.45) is 9.22. The molecule has 0 radical (unpaired) electrons. The van der Waals surface area contributed by atoms with Crippen molar-refractivity contribution >= 4 is 27.6 Å². The summed E-state index contributed by atoms with van der Waals surface area (Å²) in [5.41, 5.74) is 0.471. The van der Waals surface area contributed by atoms with E-state index < -0.39 is 11.7 Å². The van der Waals surface area contributed by atoms with Gasteiger partial charge in [-0.1, -0.05) is 13.0 Å². The zero-order valence-corrected chi connectivity index (χ0v) is 21.5. The molecular weight excluding hydrogens is 450 g/mol. The molecule has 1 fully saturated rings. The third-order valence-electron chi connectivity index (χ3n) is 7.10. The van der Waals surface area contributed by atoms with Crippen molar-refractivity contribution in [1.82, 2.24) is 15.3 Å². The zero-order valence-electron chi connectivity index (χ0n) is 20.7. The number of amides is 1. The van der Waals surface area contributed by atoms with Gasteiger partial charge in [0.25, 0.3) is 0 Å². The SMILES string of the molecule is C=C[C@H](O)C[C@H]1CCc2sc3ncnc(OC4CCC(CC)(NC(=O)OC(C)(C)C)CC4)c3c21. The Labute approximate surface area is 206 Å². The maximum Gasteiger partial charge on any atom is 0.408 e. The molecule has 2 heterocycles. The average molecular weight is 488 g/mol. The molecular formula is C26H37N3O4S. The van der Waals surface area contributed by atoms with E-state index in [9.17, 15) is 9.90 Å². The van der Waals surface area contributed by atoms with E-state index in [1.807, 2.05) is 20.8 Å². The van der Waals surface area contributed by atoms with Gasteiger partial charge in [0.1, 0.15) is 22.9 Å². The van der Waals surface area contributed by atoms with E-state index in [0.717, 1.165) is 55.2 Å². The molecule has 34 heavy (non-hydrogen) atoms. The van der Waals surface area contributed by atoms with E-state index in [1.54, 1.807) is 23.7 Å². The minimum absolute atomic E-state index is 0.0346. The summed E-state index contributed by atoms with van der Waals surface area (Å²) in [6, 6.07) is 0. The van der Waals surface area contributed by atoms with Crippen molar-refractivity contribution in [1.29, 1.82) is 0 Å². The number of nitrogens with zero attached hydrogens (tertiary/aromatic N) is 2. The molecule has 2 atom stereocenters. The Morgan fingerprint density at radius 3 is 2.74 bits per heavy atom. The van der Waals surface area contributed by atoms with Crippen molar-refractivity contribution in [3.63, 3.8) is 0 Å². The van der Waals surface area contributed by atoms with Crippen LogP contribution >= 0.6 is 11.3 Å². The molecule has 2 aliphatic carbocycles. The molecule has 8 heteroatoms. The number of alkyl carbamates (subject to hydrolysis) is 1. The van der Waals surface area contributed by atoms with Gasteiger partial charge < -0.3 is 19.9 Å². The minimum atomic E-state index is -0.516. The molecule has 0 spiro atoms. The highest BCUT2D eigenvalue weighted by molar-refractivity contribution is 7.19. The number of aliphatic hydroxyl groups is 1. The lowest BCUT2D eigenvalue weighted by Crippen LogP contribution is -2.52. The summed E-state index contributed by atoms with van der Waals surface area (Å²) < 4.78 is 12.0. The number of aromatic nitrogens is 2. The van der Waals surface area contributed by atoms with Crippen LogP contribution in [0.3, 0.4) is 0 Å². The maximum absolute atomic E-state index is 12.4. The zero-order chi connectivity index (χ0) is 24.5. The molecule has 186 valence electrons. The van der Waals surface area contributed by atoms with Crippen molar-refractivity contribution in [2.45, 2.75) is 108 Å². The Bertz CT molecular complexity index is 1040. The predicted molar refractivity (Wildman–Crippen MR) is 135 cm³/mol. The average Bonchev–Trinajstić information content (AvgIpc) is 3.34. The van der Waals surface area contributed by atoms with Crippen LogP contribution in [0.2, 0.25) is 0 Å². The quantitative estimate of drug-likeness (QED) is 0.490. The Hall–Kier alpha value is -2.19. The van der Waals surface area contributed by atoms with Gasteiger partial charge >= 0.3 is 6.09 Å². The largest absolute Gasteiger partial charge is 0.474 e. The van der Waals surface area contributed by atoms with Crippen LogP contribution in [0.15, 0.2) is 19.0 Å². The summed E-state index contributed by atoms with van der Waals surface area (Å²) in [5.74, 6) is 0.916. The van der Waals surface area contributed by atoms with Gasteiger partial charge in [0.15, 0.2) is 0 Å². The highest BCUT2D eigenvalue weighted by Gasteiger charge is 2.38. The molecule has 1 amide bonds. The highest BCUT2D eigenvalue weighted by atomic mass is 32.1. The van der Waals surface area contributed by atoms with Crippen LogP contribution in [0.5, 0.6) is 5.88 Å². The van der Waals surface area contributed by atoms with Gasteiger partial charge in [-0.25, -0.2) is 14.8 Å². The molecule has 0 bridgehead atoms. The van der Waals surface area contributed by atoms with E-state index in [-0.39, 0.29) is 23.7 Å². The first-order valence-electron chi connectivity index (χ1n) is 12.4. The fourth-order valence-corrected chi connectivity index (χ4v) is 6.49. The molecule has 0 aromatic carbocycles. The van der Waals surface area contributed by atoms with Crippen LogP contribution in [0.25, 0.3) is 10.2 Å². The minimum Gasteiger partial charge on any atom is -0.474 e. The number of aryl methyl sites for hydroxylation is 1. The number of ether oxygens (including phenoxy) is 2. The van der Waals surface area contributed by atoms with Crippen LogP contribution in [0.4, 0.5) is 4.79 Å². The second kappa shape index (κ2) is 9.82. The van der Waals surface area contributed by atoms with Crippen molar-refractivity contribution in [3.05, 3.63) is 29.4 Å². The van der Waals surface area contributed by atoms with Crippen LogP contribution < -0.4 is 10.1 Å². The van der Waals surface area contributed by atoms with Gasteiger partial charge in [-0.15, -0.1) is 17.9 Å². The van der Waals surface area contributed by atoms with E-state index in [2.05, 4.69) is 28.8 Å². The lowest BCUT2D eigenvalue weighted by atomic mass is 9.78. The maximum atomic E-state index is 12.4. The number of fused-ring (bicyclic) bond motifs is 3. The number of hydrogen-bond donors (Lipinski definition) is 2.